The largest absolute Gasteiger partial charge is 0.484 e. The highest BCUT2D eigenvalue weighted by Gasteiger charge is 2.08. The van der Waals surface area contributed by atoms with Crippen molar-refractivity contribution in [2.24, 2.45) is 0 Å². The average Bonchev–Trinajstić information content (AvgIpc) is 2.84. The number of benzene rings is 2. The first-order valence-electron chi connectivity index (χ1n) is 6.57. The van der Waals surface area contributed by atoms with Gasteiger partial charge in [0.05, 0.1) is 0 Å². The molecule has 0 aliphatic rings. The fraction of sp³-hybridized carbons (Fsp3) is 0.188. The van der Waals surface area contributed by atoms with Crippen LogP contribution in [0.25, 0.3) is 11.1 Å². The van der Waals surface area contributed by atoms with Crippen molar-refractivity contribution in [3.63, 3.8) is 0 Å². The molecular weight excluding hydrogens is 332 g/mol. The lowest BCUT2D eigenvalue weighted by molar-refractivity contribution is 0.267. The molecule has 0 amide bonds. The first-order valence-corrected chi connectivity index (χ1v) is 7.37. The van der Waals surface area contributed by atoms with E-state index in [2.05, 4.69) is 20.9 Å². The van der Waals surface area contributed by atoms with Crippen LogP contribution in [0.2, 0.25) is 0 Å². The Morgan fingerprint density at radius 1 is 1.19 bits per heavy atom. The van der Waals surface area contributed by atoms with Gasteiger partial charge in [-0.15, -0.1) is 0 Å². The third kappa shape index (κ3) is 2.88. The van der Waals surface area contributed by atoms with Gasteiger partial charge in [-0.05, 0) is 49.2 Å². The standard InChI is InChI=1S/C16H15BrN2O2/c1-9-5-12(6-10(2)16(9)17)20-8-15-19-13-4-3-11(18)7-14(13)21-15/h3-7H,8,18H2,1-2H3. The lowest BCUT2D eigenvalue weighted by atomic mass is 10.1. The van der Waals surface area contributed by atoms with Crippen molar-refractivity contribution in [1.29, 1.82) is 0 Å². The van der Waals surface area contributed by atoms with Crippen LogP contribution in [0.4, 0.5) is 5.69 Å². The second-order valence-corrected chi connectivity index (χ2v) is 5.79. The highest BCUT2D eigenvalue weighted by atomic mass is 79.9. The second kappa shape index (κ2) is 5.41. The Hall–Kier alpha value is -2.01. The molecule has 5 heteroatoms. The fourth-order valence-electron chi connectivity index (χ4n) is 2.19. The molecule has 3 aromatic rings. The van der Waals surface area contributed by atoms with Crippen molar-refractivity contribution in [3.05, 3.63) is 51.8 Å². The number of nitrogen functional groups attached to an aromatic ring is 1. The molecule has 0 fully saturated rings. The van der Waals surface area contributed by atoms with Gasteiger partial charge in [0.25, 0.3) is 0 Å². The minimum atomic E-state index is 0.287. The maximum absolute atomic E-state index is 5.76. The summed E-state index contributed by atoms with van der Waals surface area (Å²) in [6.45, 7) is 4.35. The van der Waals surface area contributed by atoms with Gasteiger partial charge < -0.3 is 14.9 Å². The number of hydrogen-bond donors (Lipinski definition) is 1. The van der Waals surface area contributed by atoms with E-state index in [4.69, 9.17) is 14.9 Å². The molecule has 3 rings (SSSR count). The quantitative estimate of drug-likeness (QED) is 0.715. The first-order chi connectivity index (χ1) is 10.0. The summed E-state index contributed by atoms with van der Waals surface area (Å²) in [5.74, 6) is 1.34. The molecule has 0 saturated heterocycles. The average molecular weight is 347 g/mol. The Labute approximate surface area is 131 Å². The number of oxazole rings is 1. The van der Waals surface area contributed by atoms with Gasteiger partial charge in [0, 0.05) is 16.2 Å². The molecule has 4 nitrogen and oxygen atoms in total. The fourth-order valence-corrected chi connectivity index (χ4v) is 2.41. The predicted molar refractivity (Wildman–Crippen MR) is 86.4 cm³/mol. The zero-order valence-corrected chi connectivity index (χ0v) is 13.4. The van der Waals surface area contributed by atoms with E-state index in [0.29, 0.717) is 17.2 Å². The van der Waals surface area contributed by atoms with Crippen LogP contribution in [0.5, 0.6) is 5.75 Å². The number of rotatable bonds is 3. The number of fused-ring (bicyclic) bond motifs is 1. The van der Waals surface area contributed by atoms with Gasteiger partial charge in [-0.25, -0.2) is 4.98 Å². The molecule has 2 aromatic carbocycles. The summed E-state index contributed by atoms with van der Waals surface area (Å²) in [4.78, 5) is 4.37. The molecule has 1 heterocycles. The monoisotopic (exact) mass is 346 g/mol. The molecule has 0 aliphatic heterocycles. The highest BCUT2D eigenvalue weighted by Crippen LogP contribution is 2.27. The third-order valence-electron chi connectivity index (χ3n) is 3.23. The van der Waals surface area contributed by atoms with E-state index >= 15 is 0 Å². The summed E-state index contributed by atoms with van der Waals surface area (Å²) < 4.78 is 12.5. The highest BCUT2D eigenvalue weighted by molar-refractivity contribution is 9.10. The van der Waals surface area contributed by atoms with Gasteiger partial charge in [-0.3, -0.25) is 0 Å². The molecular formula is C16H15BrN2O2. The van der Waals surface area contributed by atoms with E-state index < -0.39 is 0 Å². The van der Waals surface area contributed by atoms with Gasteiger partial charge in [0.15, 0.2) is 12.2 Å². The van der Waals surface area contributed by atoms with E-state index in [0.717, 1.165) is 26.9 Å². The third-order valence-corrected chi connectivity index (χ3v) is 4.48. The van der Waals surface area contributed by atoms with Crippen LogP contribution in [-0.4, -0.2) is 4.98 Å². The summed E-state index contributed by atoms with van der Waals surface area (Å²) in [5, 5.41) is 0. The number of aryl methyl sites for hydroxylation is 2. The Balaban J connectivity index is 1.80. The number of nitrogens with zero attached hydrogens (tertiary/aromatic N) is 1. The molecule has 0 radical (unpaired) electrons. The number of nitrogens with two attached hydrogens (primary N) is 1. The number of ether oxygens (including phenoxy) is 1. The summed E-state index contributed by atoms with van der Waals surface area (Å²) in [7, 11) is 0. The van der Waals surface area contributed by atoms with E-state index in [9.17, 15) is 0 Å². The molecule has 2 N–H and O–H groups in total. The normalized spacial score (nSPS) is 11.0. The van der Waals surface area contributed by atoms with Crippen LogP contribution < -0.4 is 10.5 Å². The zero-order chi connectivity index (χ0) is 15.0. The Morgan fingerprint density at radius 2 is 1.90 bits per heavy atom. The van der Waals surface area contributed by atoms with Crippen LogP contribution in [-0.2, 0) is 6.61 Å². The molecule has 0 atom stereocenters. The van der Waals surface area contributed by atoms with E-state index in [1.807, 2.05) is 32.0 Å². The van der Waals surface area contributed by atoms with Gasteiger partial charge >= 0.3 is 0 Å². The first kappa shape index (κ1) is 13.9. The molecule has 1 aromatic heterocycles. The van der Waals surface area contributed by atoms with E-state index in [1.54, 1.807) is 12.1 Å². The number of halogens is 1. The minimum absolute atomic E-state index is 0.287. The molecule has 0 saturated carbocycles. The summed E-state index contributed by atoms with van der Waals surface area (Å²) in [6, 6.07) is 9.37. The lowest BCUT2D eigenvalue weighted by Gasteiger charge is -2.08. The van der Waals surface area contributed by atoms with Crippen LogP contribution in [0.3, 0.4) is 0 Å². The lowest BCUT2D eigenvalue weighted by Crippen LogP contribution is -1.96. The topological polar surface area (TPSA) is 61.3 Å². The van der Waals surface area contributed by atoms with Crippen molar-refractivity contribution < 1.29 is 9.15 Å². The van der Waals surface area contributed by atoms with Gasteiger partial charge in [-0.1, -0.05) is 15.9 Å². The number of anilines is 1. The number of hydrogen-bond acceptors (Lipinski definition) is 4. The summed E-state index contributed by atoms with van der Waals surface area (Å²) in [5.41, 5.74) is 10.1. The number of aromatic nitrogens is 1. The maximum atomic E-state index is 5.76. The smallest absolute Gasteiger partial charge is 0.233 e. The minimum Gasteiger partial charge on any atom is -0.484 e. The van der Waals surface area contributed by atoms with Crippen LogP contribution in [0, 0.1) is 13.8 Å². The zero-order valence-electron chi connectivity index (χ0n) is 11.8. The van der Waals surface area contributed by atoms with Crippen LogP contribution in [0.15, 0.2) is 39.2 Å². The van der Waals surface area contributed by atoms with Crippen LogP contribution >= 0.6 is 15.9 Å². The molecule has 0 aliphatic carbocycles. The van der Waals surface area contributed by atoms with E-state index in [1.165, 1.54) is 0 Å². The summed E-state index contributed by atoms with van der Waals surface area (Å²) >= 11 is 3.54. The van der Waals surface area contributed by atoms with Crippen molar-refractivity contribution in [3.8, 4) is 5.75 Å². The maximum Gasteiger partial charge on any atom is 0.233 e. The predicted octanol–water partition coefficient (Wildman–Crippen LogP) is 4.37. The summed E-state index contributed by atoms with van der Waals surface area (Å²) in [6.07, 6.45) is 0. The van der Waals surface area contributed by atoms with Crippen molar-refractivity contribution in [2.75, 3.05) is 5.73 Å². The Kier molecular flexibility index (Phi) is 3.59. The van der Waals surface area contributed by atoms with Crippen molar-refractivity contribution >= 4 is 32.7 Å². The van der Waals surface area contributed by atoms with Crippen LogP contribution in [0.1, 0.15) is 17.0 Å². The van der Waals surface area contributed by atoms with Crippen molar-refractivity contribution in [2.45, 2.75) is 20.5 Å². The van der Waals surface area contributed by atoms with Gasteiger partial charge in [0.1, 0.15) is 11.3 Å². The Morgan fingerprint density at radius 3 is 2.62 bits per heavy atom. The molecule has 0 unspecified atom stereocenters. The SMILES string of the molecule is Cc1cc(OCc2nc3ccc(N)cc3o2)cc(C)c1Br. The van der Waals surface area contributed by atoms with Crippen molar-refractivity contribution in [1.82, 2.24) is 4.98 Å². The van der Waals surface area contributed by atoms with Gasteiger partial charge in [0.2, 0.25) is 5.89 Å². The second-order valence-electron chi connectivity index (χ2n) is 4.99. The van der Waals surface area contributed by atoms with E-state index in [-0.39, 0.29) is 6.61 Å². The molecule has 0 bridgehead atoms. The molecule has 0 spiro atoms. The Bertz CT molecular complexity index is 788. The molecule has 21 heavy (non-hydrogen) atoms. The van der Waals surface area contributed by atoms with Gasteiger partial charge in [-0.2, -0.15) is 0 Å². The molecule has 108 valence electrons.